The van der Waals surface area contributed by atoms with E-state index in [0.29, 0.717) is 24.5 Å². The van der Waals surface area contributed by atoms with Gasteiger partial charge in [0.1, 0.15) is 11.4 Å². The summed E-state index contributed by atoms with van der Waals surface area (Å²) >= 11 is 0. The van der Waals surface area contributed by atoms with E-state index in [2.05, 4.69) is 10.3 Å². The number of anilines is 1. The fourth-order valence-corrected chi connectivity index (χ4v) is 1.16. The van der Waals surface area contributed by atoms with Crippen LogP contribution in [0.4, 0.5) is 5.82 Å². The smallest absolute Gasteiger partial charge is 0.341 e. The molecule has 0 amide bonds. The van der Waals surface area contributed by atoms with Crippen LogP contribution in [-0.4, -0.2) is 35.3 Å². The Morgan fingerprint density at radius 2 is 2.44 bits per heavy atom. The Morgan fingerprint density at radius 1 is 1.69 bits per heavy atom. The minimum Gasteiger partial charge on any atom is -0.462 e. The first-order valence-corrected chi connectivity index (χ1v) is 5.19. The van der Waals surface area contributed by atoms with Gasteiger partial charge in [0.15, 0.2) is 0 Å². The molecule has 1 rings (SSSR count). The number of nitrogens with zero attached hydrogens (tertiary/aromatic N) is 1. The molecule has 0 radical (unpaired) electrons. The maximum atomic E-state index is 11.5. The molecule has 0 aliphatic heterocycles. The minimum absolute atomic E-state index is 0.323. The zero-order valence-corrected chi connectivity index (χ0v) is 9.43. The van der Waals surface area contributed by atoms with Crippen molar-refractivity contribution in [2.75, 3.05) is 18.5 Å². The first-order chi connectivity index (χ1) is 7.65. The Hall–Kier alpha value is -1.62. The van der Waals surface area contributed by atoms with Gasteiger partial charge in [0.05, 0.1) is 12.7 Å². The third-order valence-corrected chi connectivity index (χ3v) is 1.87. The second-order valence-corrected chi connectivity index (χ2v) is 3.35. The number of carbonyl (C=O) groups excluding carboxylic acids is 1. The lowest BCUT2D eigenvalue weighted by Gasteiger charge is -2.11. The van der Waals surface area contributed by atoms with Gasteiger partial charge in [0.2, 0.25) is 0 Å². The van der Waals surface area contributed by atoms with E-state index in [1.165, 1.54) is 0 Å². The molecule has 0 aromatic carbocycles. The summed E-state index contributed by atoms with van der Waals surface area (Å²) in [6.45, 7) is 4.06. The first-order valence-electron chi connectivity index (χ1n) is 5.19. The Balaban J connectivity index is 2.78. The number of esters is 1. The zero-order valence-electron chi connectivity index (χ0n) is 9.43. The van der Waals surface area contributed by atoms with Crippen molar-refractivity contribution in [1.82, 2.24) is 4.98 Å². The predicted octanol–water partition coefficient (Wildman–Crippen LogP) is 1.05. The van der Waals surface area contributed by atoms with Crippen molar-refractivity contribution in [2.24, 2.45) is 0 Å². The van der Waals surface area contributed by atoms with Crippen molar-refractivity contribution in [3.8, 4) is 0 Å². The zero-order chi connectivity index (χ0) is 12.0. The Labute approximate surface area is 94.5 Å². The van der Waals surface area contributed by atoms with Crippen molar-refractivity contribution in [2.45, 2.75) is 20.0 Å². The van der Waals surface area contributed by atoms with Crippen LogP contribution in [0.3, 0.4) is 0 Å². The summed E-state index contributed by atoms with van der Waals surface area (Å²) in [6.07, 6.45) is 1.07. The van der Waals surface area contributed by atoms with Crippen LogP contribution in [0, 0.1) is 0 Å². The van der Waals surface area contributed by atoms with Gasteiger partial charge >= 0.3 is 5.97 Å². The lowest BCUT2D eigenvalue weighted by Crippen LogP contribution is -2.18. The summed E-state index contributed by atoms with van der Waals surface area (Å²) in [4.78, 5) is 15.6. The van der Waals surface area contributed by atoms with Gasteiger partial charge < -0.3 is 15.2 Å². The maximum Gasteiger partial charge on any atom is 0.341 e. The lowest BCUT2D eigenvalue weighted by atomic mass is 10.2. The number of ether oxygens (including phenoxy) is 1. The minimum atomic E-state index is -0.503. The standard InChI is InChI=1S/C11H16N2O3/c1-3-16-11(15)9-5-4-6-12-10(9)13-7-8(2)14/h4-6,8,14H,3,7H2,1-2H3,(H,12,13). The van der Waals surface area contributed by atoms with Crippen LogP contribution < -0.4 is 5.32 Å². The van der Waals surface area contributed by atoms with Crippen LogP contribution in [0.5, 0.6) is 0 Å². The summed E-state index contributed by atoms with van der Waals surface area (Å²) < 4.78 is 4.89. The van der Waals surface area contributed by atoms with Crippen molar-refractivity contribution in [1.29, 1.82) is 0 Å². The van der Waals surface area contributed by atoms with Gasteiger partial charge in [-0.3, -0.25) is 0 Å². The predicted molar refractivity (Wildman–Crippen MR) is 60.4 cm³/mol. The second-order valence-electron chi connectivity index (χ2n) is 3.35. The molecule has 0 spiro atoms. The van der Waals surface area contributed by atoms with Crippen molar-refractivity contribution in [3.05, 3.63) is 23.9 Å². The van der Waals surface area contributed by atoms with Crippen LogP contribution >= 0.6 is 0 Å². The van der Waals surface area contributed by atoms with E-state index in [-0.39, 0.29) is 0 Å². The van der Waals surface area contributed by atoms with Gasteiger partial charge in [-0.05, 0) is 26.0 Å². The summed E-state index contributed by atoms with van der Waals surface area (Å²) in [5.41, 5.74) is 0.380. The highest BCUT2D eigenvalue weighted by atomic mass is 16.5. The molecule has 1 unspecified atom stereocenters. The van der Waals surface area contributed by atoms with E-state index in [4.69, 9.17) is 9.84 Å². The van der Waals surface area contributed by atoms with E-state index in [1.54, 1.807) is 32.2 Å². The van der Waals surface area contributed by atoms with E-state index in [1.807, 2.05) is 0 Å². The molecule has 0 saturated heterocycles. The maximum absolute atomic E-state index is 11.5. The van der Waals surface area contributed by atoms with Crippen molar-refractivity contribution in [3.63, 3.8) is 0 Å². The molecule has 5 nitrogen and oxygen atoms in total. The summed E-state index contributed by atoms with van der Waals surface area (Å²) in [6, 6.07) is 3.30. The van der Waals surface area contributed by atoms with E-state index >= 15 is 0 Å². The molecular formula is C11H16N2O3. The highest BCUT2D eigenvalue weighted by Gasteiger charge is 2.12. The average Bonchev–Trinajstić information content (AvgIpc) is 2.27. The van der Waals surface area contributed by atoms with Gasteiger partial charge in [0, 0.05) is 12.7 Å². The fourth-order valence-electron chi connectivity index (χ4n) is 1.16. The van der Waals surface area contributed by atoms with Gasteiger partial charge in [-0.15, -0.1) is 0 Å². The second kappa shape index (κ2) is 6.07. The van der Waals surface area contributed by atoms with Crippen LogP contribution in [0.1, 0.15) is 24.2 Å². The van der Waals surface area contributed by atoms with E-state index in [0.717, 1.165) is 0 Å². The topological polar surface area (TPSA) is 71.5 Å². The van der Waals surface area contributed by atoms with Gasteiger partial charge in [0.25, 0.3) is 0 Å². The number of rotatable bonds is 5. The van der Waals surface area contributed by atoms with Crippen LogP contribution in [-0.2, 0) is 4.74 Å². The number of pyridine rings is 1. The number of hydrogen-bond donors (Lipinski definition) is 2. The van der Waals surface area contributed by atoms with E-state index in [9.17, 15) is 4.79 Å². The van der Waals surface area contributed by atoms with Gasteiger partial charge in [-0.1, -0.05) is 0 Å². The van der Waals surface area contributed by atoms with Crippen LogP contribution in [0.15, 0.2) is 18.3 Å². The highest BCUT2D eigenvalue weighted by Crippen LogP contribution is 2.12. The molecular weight excluding hydrogens is 208 g/mol. The molecule has 0 bridgehead atoms. The molecule has 1 heterocycles. The molecule has 88 valence electrons. The van der Waals surface area contributed by atoms with Crippen LogP contribution in [0.2, 0.25) is 0 Å². The average molecular weight is 224 g/mol. The number of aliphatic hydroxyl groups is 1. The number of hydrogen-bond acceptors (Lipinski definition) is 5. The lowest BCUT2D eigenvalue weighted by molar-refractivity contribution is 0.0527. The largest absolute Gasteiger partial charge is 0.462 e. The van der Waals surface area contributed by atoms with Gasteiger partial charge in [-0.25, -0.2) is 9.78 Å². The number of aliphatic hydroxyl groups excluding tert-OH is 1. The molecule has 5 heteroatoms. The van der Waals surface area contributed by atoms with Crippen molar-refractivity contribution < 1.29 is 14.6 Å². The summed E-state index contributed by atoms with van der Waals surface area (Å²) in [7, 11) is 0. The van der Waals surface area contributed by atoms with Gasteiger partial charge in [-0.2, -0.15) is 0 Å². The third kappa shape index (κ3) is 3.51. The third-order valence-electron chi connectivity index (χ3n) is 1.87. The number of nitrogens with one attached hydrogen (secondary N) is 1. The normalized spacial score (nSPS) is 11.9. The first kappa shape index (κ1) is 12.4. The fraction of sp³-hybridized carbons (Fsp3) is 0.455. The highest BCUT2D eigenvalue weighted by molar-refractivity contribution is 5.94. The van der Waals surface area contributed by atoms with Crippen molar-refractivity contribution >= 4 is 11.8 Å². The summed E-state index contributed by atoms with van der Waals surface area (Å²) in [5.74, 6) is 0.0190. The molecule has 1 atom stereocenters. The molecule has 16 heavy (non-hydrogen) atoms. The Bertz CT molecular complexity index is 353. The van der Waals surface area contributed by atoms with Crippen LogP contribution in [0.25, 0.3) is 0 Å². The molecule has 1 aromatic heterocycles. The molecule has 0 saturated carbocycles. The molecule has 0 aliphatic rings. The molecule has 0 aliphatic carbocycles. The Kier molecular flexibility index (Phi) is 4.72. The Morgan fingerprint density at radius 3 is 3.06 bits per heavy atom. The molecule has 0 fully saturated rings. The number of aromatic nitrogens is 1. The quantitative estimate of drug-likeness (QED) is 0.731. The number of carbonyl (C=O) groups is 1. The van der Waals surface area contributed by atoms with E-state index < -0.39 is 12.1 Å². The molecule has 2 N–H and O–H groups in total. The molecule has 1 aromatic rings. The monoisotopic (exact) mass is 224 g/mol. The SMILES string of the molecule is CCOC(=O)c1cccnc1NCC(C)O. The summed E-state index contributed by atoms with van der Waals surface area (Å²) in [5, 5.41) is 12.0.